The summed E-state index contributed by atoms with van der Waals surface area (Å²) in [5.74, 6) is -0.00849. The number of piperidine rings is 1. The Bertz CT molecular complexity index is 833. The molecule has 0 unspecified atom stereocenters. The van der Waals surface area contributed by atoms with Crippen LogP contribution in [0.5, 0.6) is 0 Å². The number of nitrogens with zero attached hydrogens (tertiary/aromatic N) is 1. The van der Waals surface area contributed by atoms with E-state index in [1.807, 2.05) is 36.4 Å². The molecule has 4 nitrogen and oxygen atoms in total. The largest absolute Gasteiger partial charge is 0.369 e. The molecule has 3 N–H and O–H groups in total. The summed E-state index contributed by atoms with van der Waals surface area (Å²) in [6.45, 7) is 4.48. The van der Waals surface area contributed by atoms with Crippen molar-refractivity contribution in [3.63, 3.8) is 0 Å². The Morgan fingerprint density at radius 3 is 1.86 bits per heavy atom. The number of primary amides is 1. The topological polar surface area (TPSA) is 58.4 Å². The van der Waals surface area contributed by atoms with Crippen LogP contribution in [0.15, 0.2) is 60.7 Å². The maximum atomic E-state index is 13.2. The van der Waals surface area contributed by atoms with Gasteiger partial charge in [0.1, 0.15) is 5.41 Å². The van der Waals surface area contributed by atoms with Gasteiger partial charge in [0.2, 0.25) is 5.91 Å². The van der Waals surface area contributed by atoms with Crippen LogP contribution >= 0.6 is 0 Å². The van der Waals surface area contributed by atoms with Gasteiger partial charge >= 0.3 is 0 Å². The normalized spacial score (nSPS) is 17.8. The lowest BCUT2D eigenvalue weighted by molar-refractivity contribution is -0.124. The summed E-state index contributed by atoms with van der Waals surface area (Å²) in [5.41, 5.74) is 7.52. The van der Waals surface area contributed by atoms with E-state index in [-0.39, 0.29) is 11.8 Å². The molecule has 0 atom stereocenters. The highest BCUT2D eigenvalue weighted by Crippen LogP contribution is 2.44. The van der Waals surface area contributed by atoms with Gasteiger partial charge in [-0.2, -0.15) is 0 Å². The van der Waals surface area contributed by atoms with Crippen molar-refractivity contribution in [2.24, 2.45) is 11.7 Å². The van der Waals surface area contributed by atoms with Gasteiger partial charge in [-0.15, -0.1) is 0 Å². The van der Waals surface area contributed by atoms with Crippen LogP contribution in [0.2, 0.25) is 0 Å². The molecule has 1 saturated heterocycles. The summed E-state index contributed by atoms with van der Waals surface area (Å²) < 4.78 is 0. The van der Waals surface area contributed by atoms with Crippen LogP contribution in [0, 0.1) is 5.92 Å². The van der Waals surface area contributed by atoms with Crippen LogP contribution in [0.3, 0.4) is 0 Å². The van der Waals surface area contributed by atoms with Crippen molar-refractivity contribution in [3.8, 4) is 0 Å². The Balaban J connectivity index is 1.23. The molecular formula is C31H45N3O. The van der Waals surface area contributed by atoms with Gasteiger partial charge < -0.3 is 16.0 Å². The number of carbonyl (C=O) groups excluding carboxylic acids is 1. The van der Waals surface area contributed by atoms with Crippen LogP contribution in [0.1, 0.15) is 81.8 Å². The first-order valence-corrected chi connectivity index (χ1v) is 14.1. The predicted octanol–water partition coefficient (Wildman–Crippen LogP) is 5.65. The lowest BCUT2D eigenvalue weighted by Gasteiger charge is -2.43. The molecule has 0 aromatic heterocycles. The minimum absolute atomic E-state index is 0.217. The predicted molar refractivity (Wildman–Crippen MR) is 145 cm³/mol. The molecule has 1 saturated carbocycles. The van der Waals surface area contributed by atoms with Crippen molar-refractivity contribution >= 4 is 5.91 Å². The van der Waals surface area contributed by atoms with Crippen LogP contribution in [0.25, 0.3) is 0 Å². The minimum atomic E-state index is -0.762. The van der Waals surface area contributed by atoms with Crippen molar-refractivity contribution in [1.82, 2.24) is 10.2 Å². The molecule has 4 heteroatoms. The second-order valence-corrected chi connectivity index (χ2v) is 10.7. The molecule has 0 spiro atoms. The van der Waals surface area contributed by atoms with Crippen LogP contribution in [0.4, 0.5) is 0 Å². The number of unbranched alkanes of at least 4 members (excludes halogenated alkanes) is 5. The molecule has 2 aromatic rings. The summed E-state index contributed by atoms with van der Waals surface area (Å²) in [6.07, 6.45) is 14.2. The molecule has 1 heterocycles. The first-order chi connectivity index (χ1) is 17.2. The van der Waals surface area contributed by atoms with Gasteiger partial charge in [-0.25, -0.2) is 0 Å². The molecule has 0 bridgehead atoms. The van der Waals surface area contributed by atoms with Gasteiger partial charge in [0, 0.05) is 6.04 Å². The van der Waals surface area contributed by atoms with Crippen LogP contribution in [-0.2, 0) is 10.2 Å². The van der Waals surface area contributed by atoms with Crippen LogP contribution < -0.4 is 11.1 Å². The maximum absolute atomic E-state index is 13.2. The molecular weight excluding hydrogens is 430 g/mol. The van der Waals surface area contributed by atoms with Gasteiger partial charge in [0.15, 0.2) is 0 Å². The zero-order valence-corrected chi connectivity index (χ0v) is 21.5. The Labute approximate surface area is 212 Å². The number of hydrogen-bond acceptors (Lipinski definition) is 3. The summed E-state index contributed by atoms with van der Waals surface area (Å²) in [6, 6.07) is 21.2. The van der Waals surface area contributed by atoms with E-state index < -0.39 is 5.41 Å². The molecule has 190 valence electrons. The highest BCUT2D eigenvalue weighted by atomic mass is 16.1. The number of nitrogens with one attached hydrogen (secondary N) is 1. The summed E-state index contributed by atoms with van der Waals surface area (Å²) >= 11 is 0. The van der Waals surface area contributed by atoms with E-state index in [1.165, 1.54) is 70.9 Å². The Kier molecular flexibility index (Phi) is 9.79. The highest BCUT2D eigenvalue weighted by Gasteiger charge is 2.47. The van der Waals surface area contributed by atoms with Crippen molar-refractivity contribution in [2.75, 3.05) is 26.2 Å². The Morgan fingerprint density at radius 1 is 0.800 bits per heavy atom. The van der Waals surface area contributed by atoms with Crippen LogP contribution in [-0.4, -0.2) is 43.0 Å². The van der Waals surface area contributed by atoms with E-state index >= 15 is 0 Å². The zero-order chi connectivity index (χ0) is 24.3. The van der Waals surface area contributed by atoms with Gasteiger partial charge in [-0.3, -0.25) is 4.79 Å². The van der Waals surface area contributed by atoms with Crippen molar-refractivity contribution in [3.05, 3.63) is 71.8 Å². The number of benzene rings is 2. The van der Waals surface area contributed by atoms with E-state index in [1.54, 1.807) is 0 Å². The fourth-order valence-corrected chi connectivity index (χ4v) is 6.20. The fraction of sp³-hybridized carbons (Fsp3) is 0.581. The van der Waals surface area contributed by atoms with E-state index in [0.717, 1.165) is 43.1 Å². The standard InChI is InChI=1S/C31H45N3O/c32-30(35)31(26-14-7-5-8-15-26,27-16-9-6-10-17-27)28-20-24-34(25-21-28)23-12-4-2-1-3-11-22-33-29-18-13-19-29/h5-10,14-17,28-29,33H,1-4,11-13,18-25H2,(H2,32,35). The average molecular weight is 476 g/mol. The quantitative estimate of drug-likeness (QED) is 0.347. The molecule has 1 aliphatic heterocycles. The summed E-state index contributed by atoms with van der Waals surface area (Å²) in [7, 11) is 0. The van der Waals surface area contributed by atoms with Gasteiger partial charge in [0.25, 0.3) is 0 Å². The van der Waals surface area contributed by atoms with Crippen molar-refractivity contribution < 1.29 is 4.79 Å². The second-order valence-electron chi connectivity index (χ2n) is 10.7. The van der Waals surface area contributed by atoms with E-state index in [0.29, 0.717) is 0 Å². The van der Waals surface area contributed by atoms with Gasteiger partial charge in [-0.05, 0) is 81.7 Å². The molecule has 0 radical (unpaired) electrons. The molecule has 2 fully saturated rings. The molecule has 1 amide bonds. The molecule has 1 aliphatic carbocycles. The van der Waals surface area contributed by atoms with E-state index in [9.17, 15) is 4.79 Å². The number of carbonyl (C=O) groups is 1. The second kappa shape index (κ2) is 13.2. The fourth-order valence-electron chi connectivity index (χ4n) is 6.20. The first kappa shape index (κ1) is 25.9. The van der Waals surface area contributed by atoms with Gasteiger partial charge in [0.05, 0.1) is 0 Å². The van der Waals surface area contributed by atoms with E-state index in [4.69, 9.17) is 5.73 Å². The third kappa shape index (κ3) is 6.54. The Hall–Kier alpha value is -2.17. The van der Waals surface area contributed by atoms with Crippen molar-refractivity contribution in [2.45, 2.75) is 82.1 Å². The molecule has 2 aliphatic rings. The SMILES string of the molecule is NC(=O)C(c1ccccc1)(c1ccccc1)C1CCN(CCCCCCCCNC2CCC2)CC1. The highest BCUT2D eigenvalue weighted by molar-refractivity contribution is 5.91. The maximum Gasteiger partial charge on any atom is 0.232 e. The summed E-state index contributed by atoms with van der Waals surface area (Å²) in [4.78, 5) is 15.8. The number of hydrogen-bond donors (Lipinski definition) is 2. The first-order valence-electron chi connectivity index (χ1n) is 14.1. The number of amides is 1. The minimum Gasteiger partial charge on any atom is -0.369 e. The zero-order valence-electron chi connectivity index (χ0n) is 21.5. The van der Waals surface area contributed by atoms with E-state index in [2.05, 4.69) is 34.5 Å². The number of nitrogens with two attached hydrogens (primary N) is 1. The Morgan fingerprint density at radius 2 is 1.34 bits per heavy atom. The smallest absolute Gasteiger partial charge is 0.232 e. The van der Waals surface area contributed by atoms with Crippen molar-refractivity contribution in [1.29, 1.82) is 0 Å². The van der Waals surface area contributed by atoms with Gasteiger partial charge in [-0.1, -0.05) is 92.8 Å². The molecule has 2 aromatic carbocycles. The average Bonchev–Trinajstić information content (AvgIpc) is 2.86. The molecule has 4 rings (SSSR count). The third-order valence-corrected chi connectivity index (χ3v) is 8.49. The lowest BCUT2D eigenvalue weighted by atomic mass is 9.62. The summed E-state index contributed by atoms with van der Waals surface area (Å²) in [5, 5.41) is 3.67. The number of rotatable bonds is 14. The monoisotopic (exact) mass is 475 g/mol. The molecule has 35 heavy (non-hydrogen) atoms. The number of likely N-dealkylation sites (tertiary alicyclic amines) is 1. The lowest BCUT2D eigenvalue weighted by Crippen LogP contribution is -2.51. The third-order valence-electron chi connectivity index (χ3n) is 8.49.